The molecular formula is C19H20F3N3O3. The molecule has 0 saturated heterocycles. The second kappa shape index (κ2) is 8.45. The summed E-state index contributed by atoms with van der Waals surface area (Å²) in [5.41, 5.74) is 0.436. The van der Waals surface area contributed by atoms with Gasteiger partial charge in [0, 0.05) is 11.8 Å². The van der Waals surface area contributed by atoms with Crippen LogP contribution in [0.4, 0.5) is 13.2 Å². The number of alkyl halides is 3. The third-order valence-electron chi connectivity index (χ3n) is 4.30. The van der Waals surface area contributed by atoms with Gasteiger partial charge in [0.25, 0.3) is 0 Å². The van der Waals surface area contributed by atoms with Crippen LogP contribution in [-0.2, 0) is 4.79 Å². The van der Waals surface area contributed by atoms with Gasteiger partial charge >= 0.3 is 6.18 Å². The number of nitrogens with one attached hydrogen (secondary N) is 1. The van der Waals surface area contributed by atoms with E-state index in [2.05, 4.69) is 20.0 Å². The van der Waals surface area contributed by atoms with Crippen LogP contribution in [0.1, 0.15) is 25.1 Å². The van der Waals surface area contributed by atoms with Crippen LogP contribution in [0.25, 0.3) is 0 Å². The SMILES string of the molecule is C[C@@H](NC(=O)[C@@H]1C[C@H]1COc1ccccc1)c1cnc(OCC(F)(F)F)cn1. The number of ether oxygens (including phenoxy) is 2. The number of hydrogen-bond acceptors (Lipinski definition) is 5. The fraction of sp³-hybridized carbons (Fsp3) is 0.421. The molecule has 1 aliphatic carbocycles. The average Bonchev–Trinajstić information content (AvgIpc) is 3.45. The Morgan fingerprint density at radius 3 is 2.61 bits per heavy atom. The van der Waals surface area contributed by atoms with Crippen LogP contribution < -0.4 is 14.8 Å². The van der Waals surface area contributed by atoms with Gasteiger partial charge in [-0.2, -0.15) is 13.2 Å². The summed E-state index contributed by atoms with van der Waals surface area (Å²) < 4.78 is 46.6. The molecule has 6 nitrogen and oxygen atoms in total. The monoisotopic (exact) mass is 395 g/mol. The van der Waals surface area contributed by atoms with E-state index in [0.29, 0.717) is 12.3 Å². The average molecular weight is 395 g/mol. The summed E-state index contributed by atoms with van der Waals surface area (Å²) in [6.45, 7) is 0.777. The number of carbonyl (C=O) groups excluding carboxylic acids is 1. The number of carbonyl (C=O) groups is 1. The third kappa shape index (κ3) is 5.83. The lowest BCUT2D eigenvalue weighted by molar-refractivity contribution is -0.154. The van der Waals surface area contributed by atoms with E-state index in [9.17, 15) is 18.0 Å². The molecule has 1 aromatic carbocycles. The molecular weight excluding hydrogens is 375 g/mol. The highest BCUT2D eigenvalue weighted by molar-refractivity contribution is 5.81. The van der Waals surface area contributed by atoms with Crippen molar-refractivity contribution in [3.05, 3.63) is 48.4 Å². The van der Waals surface area contributed by atoms with E-state index < -0.39 is 18.8 Å². The fourth-order valence-electron chi connectivity index (χ4n) is 2.65. The van der Waals surface area contributed by atoms with Crippen molar-refractivity contribution in [1.29, 1.82) is 0 Å². The standard InChI is InChI=1S/C19H20F3N3O3/c1-12(16-8-24-17(9-23-16)28-11-19(20,21)22)25-18(26)15-7-13(15)10-27-14-5-3-2-4-6-14/h2-6,8-9,12-13,15H,7,10-11H2,1H3,(H,25,26)/t12-,13+,15-/m1/s1. The molecule has 1 saturated carbocycles. The van der Waals surface area contributed by atoms with E-state index in [-0.39, 0.29) is 23.6 Å². The first kappa shape index (κ1) is 19.9. The van der Waals surface area contributed by atoms with Crippen molar-refractivity contribution in [3.63, 3.8) is 0 Å². The van der Waals surface area contributed by atoms with Gasteiger partial charge in [0.1, 0.15) is 5.75 Å². The molecule has 3 rings (SSSR count). The normalized spacial score (nSPS) is 19.6. The molecule has 1 amide bonds. The van der Waals surface area contributed by atoms with E-state index in [4.69, 9.17) is 4.74 Å². The number of hydrogen-bond donors (Lipinski definition) is 1. The van der Waals surface area contributed by atoms with Crippen LogP contribution in [-0.4, -0.2) is 35.3 Å². The topological polar surface area (TPSA) is 73.3 Å². The Bertz CT molecular complexity index is 785. The summed E-state index contributed by atoms with van der Waals surface area (Å²) in [5, 5.41) is 2.84. The van der Waals surface area contributed by atoms with E-state index in [0.717, 1.165) is 18.4 Å². The summed E-state index contributed by atoms with van der Waals surface area (Å²) in [6, 6.07) is 8.97. The Morgan fingerprint density at radius 1 is 1.21 bits per heavy atom. The van der Waals surface area contributed by atoms with Crippen molar-refractivity contribution in [2.75, 3.05) is 13.2 Å². The third-order valence-corrected chi connectivity index (χ3v) is 4.30. The number of para-hydroxylation sites is 1. The predicted octanol–water partition coefficient (Wildman–Crippen LogP) is 3.31. The van der Waals surface area contributed by atoms with Crippen molar-refractivity contribution in [3.8, 4) is 11.6 Å². The Balaban J connectivity index is 1.43. The molecule has 2 aromatic rings. The van der Waals surface area contributed by atoms with Crippen LogP contribution in [0.3, 0.4) is 0 Å². The number of halogens is 3. The van der Waals surface area contributed by atoms with Crippen molar-refractivity contribution >= 4 is 5.91 Å². The molecule has 1 N–H and O–H groups in total. The zero-order valence-electron chi connectivity index (χ0n) is 15.1. The second-order valence-electron chi connectivity index (χ2n) is 6.64. The Labute approximate surface area is 160 Å². The van der Waals surface area contributed by atoms with Crippen LogP contribution in [0.15, 0.2) is 42.7 Å². The van der Waals surface area contributed by atoms with Gasteiger partial charge in [0.15, 0.2) is 6.61 Å². The minimum Gasteiger partial charge on any atom is -0.493 e. The van der Waals surface area contributed by atoms with E-state index in [1.807, 2.05) is 30.3 Å². The molecule has 0 bridgehead atoms. The lowest BCUT2D eigenvalue weighted by Crippen LogP contribution is -2.29. The smallest absolute Gasteiger partial charge is 0.422 e. The highest BCUT2D eigenvalue weighted by Crippen LogP contribution is 2.39. The number of benzene rings is 1. The first-order chi connectivity index (χ1) is 13.3. The van der Waals surface area contributed by atoms with Gasteiger partial charge in [-0.05, 0) is 25.5 Å². The van der Waals surface area contributed by atoms with Crippen LogP contribution in [0, 0.1) is 11.8 Å². The maximum Gasteiger partial charge on any atom is 0.422 e. The zero-order valence-corrected chi connectivity index (χ0v) is 15.1. The van der Waals surface area contributed by atoms with E-state index in [1.54, 1.807) is 6.92 Å². The van der Waals surface area contributed by atoms with Crippen LogP contribution in [0.2, 0.25) is 0 Å². The molecule has 1 aromatic heterocycles. The molecule has 1 heterocycles. The number of amides is 1. The summed E-state index contributed by atoms with van der Waals surface area (Å²) in [6.07, 6.45) is -1.29. The molecule has 0 radical (unpaired) electrons. The number of rotatable bonds is 8. The maximum atomic E-state index is 12.3. The predicted molar refractivity (Wildman–Crippen MR) is 93.7 cm³/mol. The lowest BCUT2D eigenvalue weighted by atomic mass is 10.2. The van der Waals surface area contributed by atoms with Gasteiger partial charge in [-0.1, -0.05) is 18.2 Å². The largest absolute Gasteiger partial charge is 0.493 e. The molecule has 28 heavy (non-hydrogen) atoms. The molecule has 0 aliphatic heterocycles. The summed E-state index contributed by atoms with van der Waals surface area (Å²) in [5.74, 6) is 0.489. The molecule has 1 aliphatic rings. The van der Waals surface area contributed by atoms with Crippen molar-refractivity contribution in [2.45, 2.75) is 25.6 Å². The zero-order chi connectivity index (χ0) is 20.1. The number of aromatic nitrogens is 2. The molecule has 1 fully saturated rings. The first-order valence-corrected chi connectivity index (χ1v) is 8.81. The fourth-order valence-corrected chi connectivity index (χ4v) is 2.65. The first-order valence-electron chi connectivity index (χ1n) is 8.81. The van der Waals surface area contributed by atoms with Crippen molar-refractivity contribution < 1.29 is 27.4 Å². The minimum atomic E-state index is -4.44. The Morgan fingerprint density at radius 2 is 1.96 bits per heavy atom. The van der Waals surface area contributed by atoms with Crippen molar-refractivity contribution in [2.24, 2.45) is 11.8 Å². The molecule has 0 spiro atoms. The molecule has 9 heteroatoms. The molecule has 0 unspecified atom stereocenters. The minimum absolute atomic E-state index is 0.103. The quantitative estimate of drug-likeness (QED) is 0.742. The van der Waals surface area contributed by atoms with Gasteiger partial charge in [0.05, 0.1) is 30.7 Å². The van der Waals surface area contributed by atoms with Gasteiger partial charge in [-0.25, -0.2) is 4.98 Å². The summed E-state index contributed by atoms with van der Waals surface area (Å²) in [7, 11) is 0. The van der Waals surface area contributed by atoms with Gasteiger partial charge in [-0.3, -0.25) is 9.78 Å². The van der Waals surface area contributed by atoms with Gasteiger partial charge < -0.3 is 14.8 Å². The van der Waals surface area contributed by atoms with E-state index >= 15 is 0 Å². The highest BCUT2D eigenvalue weighted by Gasteiger charge is 2.43. The number of nitrogens with zero attached hydrogens (tertiary/aromatic N) is 2. The van der Waals surface area contributed by atoms with Gasteiger partial charge in [-0.15, -0.1) is 0 Å². The molecule has 3 atom stereocenters. The summed E-state index contributed by atoms with van der Waals surface area (Å²) >= 11 is 0. The lowest BCUT2D eigenvalue weighted by Gasteiger charge is -2.14. The molecule has 150 valence electrons. The highest BCUT2D eigenvalue weighted by atomic mass is 19.4. The van der Waals surface area contributed by atoms with Crippen LogP contribution in [0.5, 0.6) is 11.6 Å². The summed E-state index contributed by atoms with van der Waals surface area (Å²) in [4.78, 5) is 20.1. The van der Waals surface area contributed by atoms with E-state index in [1.165, 1.54) is 6.20 Å². The Hall–Kier alpha value is -2.84. The Kier molecular flexibility index (Phi) is 6.01. The van der Waals surface area contributed by atoms with Crippen molar-refractivity contribution in [1.82, 2.24) is 15.3 Å². The van der Waals surface area contributed by atoms with Gasteiger partial charge in [0.2, 0.25) is 11.8 Å². The van der Waals surface area contributed by atoms with Crippen LogP contribution >= 0.6 is 0 Å². The second-order valence-corrected chi connectivity index (χ2v) is 6.64. The maximum absolute atomic E-state index is 12.3.